The van der Waals surface area contributed by atoms with E-state index in [1.165, 1.54) is 11.1 Å². The molecule has 0 amide bonds. The summed E-state index contributed by atoms with van der Waals surface area (Å²) in [6.07, 6.45) is 0. The fourth-order valence-electron chi connectivity index (χ4n) is 4.35. The van der Waals surface area contributed by atoms with Crippen LogP contribution in [0.15, 0.2) is 72.8 Å². The first-order valence-electron chi connectivity index (χ1n) is 10.5. The van der Waals surface area contributed by atoms with Gasteiger partial charge in [-0.1, -0.05) is 72.6 Å². The predicted molar refractivity (Wildman–Crippen MR) is 129 cm³/mol. The van der Waals surface area contributed by atoms with Crippen molar-refractivity contribution in [1.82, 2.24) is 4.90 Å². The van der Waals surface area contributed by atoms with E-state index in [9.17, 15) is 5.26 Å². The van der Waals surface area contributed by atoms with E-state index in [-0.39, 0.29) is 6.04 Å². The molecule has 0 saturated carbocycles. The highest BCUT2D eigenvalue weighted by Crippen LogP contribution is 2.36. The Labute approximate surface area is 194 Å². The molecule has 158 valence electrons. The molecule has 1 aliphatic heterocycles. The lowest BCUT2D eigenvalue weighted by Crippen LogP contribution is -2.49. The molecule has 31 heavy (non-hydrogen) atoms. The van der Waals surface area contributed by atoms with E-state index < -0.39 is 0 Å². The van der Waals surface area contributed by atoms with Gasteiger partial charge in [0.25, 0.3) is 0 Å². The predicted octanol–water partition coefficient (Wildman–Crippen LogP) is 6.53. The van der Waals surface area contributed by atoms with Crippen molar-refractivity contribution in [2.75, 3.05) is 31.1 Å². The van der Waals surface area contributed by atoms with Crippen molar-refractivity contribution in [3.05, 3.63) is 99.5 Å². The minimum Gasteiger partial charge on any atom is -0.361 e. The van der Waals surface area contributed by atoms with E-state index in [1.807, 2.05) is 24.3 Å². The van der Waals surface area contributed by atoms with Gasteiger partial charge in [-0.2, -0.15) is 5.26 Å². The molecule has 1 saturated heterocycles. The second-order valence-electron chi connectivity index (χ2n) is 8.11. The molecule has 0 bridgehead atoms. The fraction of sp³-hybridized carbons (Fsp3) is 0.269. The molecule has 1 heterocycles. The third kappa shape index (κ3) is 5.05. The molecule has 3 aromatic rings. The highest BCUT2D eigenvalue weighted by molar-refractivity contribution is 6.33. The van der Waals surface area contributed by atoms with Crippen molar-refractivity contribution in [2.45, 2.75) is 18.9 Å². The van der Waals surface area contributed by atoms with Gasteiger partial charge in [0, 0.05) is 31.2 Å². The van der Waals surface area contributed by atoms with Crippen LogP contribution >= 0.6 is 23.2 Å². The Hall–Kier alpha value is -2.51. The van der Waals surface area contributed by atoms with E-state index in [2.05, 4.69) is 65.3 Å². The molecule has 3 nitrogen and oxygen atoms in total. The van der Waals surface area contributed by atoms with Crippen LogP contribution in [-0.2, 0) is 0 Å². The van der Waals surface area contributed by atoms with E-state index in [0.29, 0.717) is 16.5 Å². The lowest BCUT2D eigenvalue weighted by molar-refractivity contribution is 0.214. The number of anilines is 1. The van der Waals surface area contributed by atoms with E-state index in [4.69, 9.17) is 23.2 Å². The van der Waals surface area contributed by atoms with Crippen LogP contribution in [-0.4, -0.2) is 31.1 Å². The summed E-state index contributed by atoms with van der Waals surface area (Å²) in [6.45, 7) is 6.01. The van der Waals surface area contributed by atoms with Crippen molar-refractivity contribution < 1.29 is 0 Å². The molecule has 0 radical (unpaired) electrons. The Morgan fingerprint density at radius 1 is 1.00 bits per heavy atom. The van der Waals surface area contributed by atoms with Gasteiger partial charge >= 0.3 is 0 Å². The third-order valence-corrected chi connectivity index (χ3v) is 6.56. The van der Waals surface area contributed by atoms with E-state index >= 15 is 0 Å². The van der Waals surface area contributed by atoms with Crippen molar-refractivity contribution in [3.63, 3.8) is 0 Å². The average Bonchev–Trinajstić information content (AvgIpc) is 2.80. The zero-order valence-corrected chi connectivity index (χ0v) is 19.0. The van der Waals surface area contributed by atoms with Crippen LogP contribution in [0.3, 0.4) is 0 Å². The molecule has 3 aromatic carbocycles. The fourth-order valence-corrected chi connectivity index (χ4v) is 4.76. The van der Waals surface area contributed by atoms with Gasteiger partial charge in [0.1, 0.15) is 0 Å². The zero-order chi connectivity index (χ0) is 21.8. The lowest BCUT2D eigenvalue weighted by atomic mass is 9.97. The van der Waals surface area contributed by atoms with Gasteiger partial charge in [-0.05, 0) is 47.4 Å². The topological polar surface area (TPSA) is 30.3 Å². The maximum Gasteiger partial charge on any atom is 0.0992 e. The number of piperazine rings is 1. The van der Waals surface area contributed by atoms with Crippen molar-refractivity contribution in [3.8, 4) is 6.07 Å². The summed E-state index contributed by atoms with van der Waals surface area (Å²) in [4.78, 5) is 4.89. The summed E-state index contributed by atoms with van der Waals surface area (Å²) >= 11 is 12.7. The summed E-state index contributed by atoms with van der Waals surface area (Å²) in [6, 6.07) is 26.6. The standard InChI is InChI=1S/C26H25Cl2N3/c1-19(21-5-3-2-4-6-21)17-30-13-14-31(25-12-7-20(16-29)15-24(25)28)26(18-30)22-8-10-23(27)11-9-22/h2-12,15,19,26H,13-14,17-18H2,1H3/t19-,26-/m0/s1. The molecule has 0 spiro atoms. The number of hydrogen-bond acceptors (Lipinski definition) is 3. The smallest absolute Gasteiger partial charge is 0.0992 e. The Bertz CT molecular complexity index is 1060. The first-order valence-corrected chi connectivity index (χ1v) is 11.3. The summed E-state index contributed by atoms with van der Waals surface area (Å²) < 4.78 is 0. The average molecular weight is 450 g/mol. The second-order valence-corrected chi connectivity index (χ2v) is 8.95. The van der Waals surface area contributed by atoms with Crippen molar-refractivity contribution in [2.24, 2.45) is 0 Å². The van der Waals surface area contributed by atoms with Gasteiger partial charge in [0.15, 0.2) is 0 Å². The third-order valence-electron chi connectivity index (χ3n) is 6.01. The number of halogens is 2. The summed E-state index contributed by atoms with van der Waals surface area (Å²) in [5.41, 5.74) is 4.12. The first kappa shape index (κ1) is 21.7. The Morgan fingerprint density at radius 3 is 2.42 bits per heavy atom. The summed E-state index contributed by atoms with van der Waals surface area (Å²) in [5.74, 6) is 0.456. The maximum absolute atomic E-state index is 9.19. The number of rotatable bonds is 5. The van der Waals surface area contributed by atoms with Crippen molar-refractivity contribution >= 4 is 28.9 Å². The normalized spacial score (nSPS) is 17.9. The Morgan fingerprint density at radius 2 is 1.74 bits per heavy atom. The van der Waals surface area contributed by atoms with Crippen LogP contribution in [0.5, 0.6) is 0 Å². The number of benzene rings is 3. The van der Waals surface area contributed by atoms with Gasteiger partial charge < -0.3 is 4.90 Å². The molecule has 0 unspecified atom stereocenters. The monoisotopic (exact) mass is 449 g/mol. The van der Waals surface area contributed by atoms with Gasteiger partial charge in [0.05, 0.1) is 28.4 Å². The molecular weight excluding hydrogens is 425 g/mol. The van der Waals surface area contributed by atoms with E-state index in [1.54, 1.807) is 6.07 Å². The molecular formula is C26H25Cl2N3. The Kier molecular flexibility index (Phi) is 6.83. The largest absolute Gasteiger partial charge is 0.361 e. The quantitative estimate of drug-likeness (QED) is 0.443. The zero-order valence-electron chi connectivity index (χ0n) is 17.5. The minimum absolute atomic E-state index is 0.152. The summed E-state index contributed by atoms with van der Waals surface area (Å²) in [7, 11) is 0. The van der Waals surface area contributed by atoms with Gasteiger partial charge in [-0.25, -0.2) is 0 Å². The molecule has 5 heteroatoms. The number of nitriles is 1. The molecule has 2 atom stereocenters. The van der Waals surface area contributed by atoms with Crippen LogP contribution < -0.4 is 4.90 Å². The Balaban J connectivity index is 1.60. The molecule has 0 aromatic heterocycles. The van der Waals surface area contributed by atoms with Crippen LogP contribution in [0.1, 0.15) is 35.6 Å². The van der Waals surface area contributed by atoms with E-state index in [0.717, 1.165) is 36.9 Å². The van der Waals surface area contributed by atoms with Gasteiger partial charge in [-0.3, -0.25) is 4.90 Å². The molecule has 0 N–H and O–H groups in total. The highest BCUT2D eigenvalue weighted by atomic mass is 35.5. The van der Waals surface area contributed by atoms with Crippen LogP contribution in [0, 0.1) is 11.3 Å². The maximum atomic E-state index is 9.19. The molecule has 1 fully saturated rings. The van der Waals surface area contributed by atoms with Gasteiger partial charge in [0.2, 0.25) is 0 Å². The van der Waals surface area contributed by atoms with Crippen molar-refractivity contribution in [1.29, 1.82) is 5.26 Å². The minimum atomic E-state index is 0.152. The lowest BCUT2D eigenvalue weighted by Gasteiger charge is -2.44. The number of hydrogen-bond donors (Lipinski definition) is 0. The first-order chi connectivity index (χ1) is 15.0. The molecule has 1 aliphatic rings. The van der Waals surface area contributed by atoms with Crippen LogP contribution in [0.25, 0.3) is 0 Å². The highest BCUT2D eigenvalue weighted by Gasteiger charge is 2.30. The SMILES string of the molecule is C[C@@H](CN1CCN(c2ccc(C#N)cc2Cl)[C@H](c2ccc(Cl)cc2)C1)c1ccccc1. The second kappa shape index (κ2) is 9.75. The van der Waals surface area contributed by atoms with Gasteiger partial charge in [-0.15, -0.1) is 0 Å². The number of nitrogens with zero attached hydrogens (tertiary/aromatic N) is 3. The molecule has 0 aliphatic carbocycles. The van der Waals surface area contributed by atoms with Crippen LogP contribution in [0.2, 0.25) is 10.0 Å². The summed E-state index contributed by atoms with van der Waals surface area (Å²) in [5, 5.41) is 10.5. The molecule has 4 rings (SSSR count). The van der Waals surface area contributed by atoms with Crippen LogP contribution in [0.4, 0.5) is 5.69 Å².